The molecule has 0 atom stereocenters. The highest BCUT2D eigenvalue weighted by molar-refractivity contribution is 6.29. The summed E-state index contributed by atoms with van der Waals surface area (Å²) in [7, 11) is 0. The van der Waals surface area contributed by atoms with Crippen molar-refractivity contribution in [1.82, 2.24) is 19.6 Å². The van der Waals surface area contributed by atoms with Crippen LogP contribution in [0.3, 0.4) is 0 Å². The van der Waals surface area contributed by atoms with Crippen molar-refractivity contribution < 1.29 is 4.39 Å². The zero-order valence-corrected chi connectivity index (χ0v) is 9.76. The van der Waals surface area contributed by atoms with Crippen molar-refractivity contribution in [2.24, 2.45) is 0 Å². The molecule has 0 unspecified atom stereocenters. The topological polar surface area (TPSA) is 55.1 Å². The summed E-state index contributed by atoms with van der Waals surface area (Å²) in [6, 6.07) is 7.58. The zero-order chi connectivity index (χ0) is 12.5. The van der Waals surface area contributed by atoms with Crippen molar-refractivity contribution in [3.63, 3.8) is 0 Å². The first-order chi connectivity index (χ1) is 8.72. The molecule has 0 aliphatic rings. The van der Waals surface area contributed by atoms with E-state index in [4.69, 9.17) is 11.6 Å². The first-order valence-corrected chi connectivity index (χ1v) is 5.49. The van der Waals surface area contributed by atoms with Crippen LogP contribution < -0.4 is 5.32 Å². The van der Waals surface area contributed by atoms with Gasteiger partial charge in [-0.2, -0.15) is 19.6 Å². The van der Waals surface area contributed by atoms with Gasteiger partial charge in [-0.05, 0) is 24.3 Å². The molecule has 0 radical (unpaired) electrons. The highest BCUT2D eigenvalue weighted by atomic mass is 35.5. The Kier molecular flexibility index (Phi) is 2.56. The maximum absolute atomic E-state index is 12.8. The Balaban J connectivity index is 2.03. The molecule has 3 aromatic rings. The van der Waals surface area contributed by atoms with Gasteiger partial charge in [-0.25, -0.2) is 4.39 Å². The lowest BCUT2D eigenvalue weighted by atomic mass is 10.3. The molecule has 0 bridgehead atoms. The van der Waals surface area contributed by atoms with Gasteiger partial charge in [0.1, 0.15) is 23.1 Å². The molecule has 2 heterocycles. The Bertz CT molecular complexity index is 694. The summed E-state index contributed by atoms with van der Waals surface area (Å²) in [6.07, 6.45) is 1.38. The van der Waals surface area contributed by atoms with Gasteiger partial charge in [-0.3, -0.25) is 0 Å². The van der Waals surface area contributed by atoms with Gasteiger partial charge >= 0.3 is 0 Å². The second-order valence-electron chi connectivity index (χ2n) is 3.57. The number of halogens is 2. The lowest BCUT2D eigenvalue weighted by molar-refractivity contribution is 0.628. The van der Waals surface area contributed by atoms with Crippen LogP contribution in [-0.4, -0.2) is 19.6 Å². The number of hydrogen-bond donors (Lipinski definition) is 1. The van der Waals surface area contributed by atoms with Gasteiger partial charge in [0.25, 0.3) is 5.78 Å². The van der Waals surface area contributed by atoms with Gasteiger partial charge < -0.3 is 5.32 Å². The largest absolute Gasteiger partial charge is 0.340 e. The molecule has 0 fully saturated rings. The molecule has 0 saturated carbocycles. The van der Waals surface area contributed by atoms with Gasteiger partial charge in [0.05, 0.1) is 0 Å². The van der Waals surface area contributed by atoms with E-state index in [9.17, 15) is 4.39 Å². The molecule has 1 N–H and O–H groups in total. The van der Waals surface area contributed by atoms with Crippen molar-refractivity contribution >= 4 is 28.9 Å². The maximum atomic E-state index is 12.8. The summed E-state index contributed by atoms with van der Waals surface area (Å²) >= 11 is 5.88. The normalized spacial score (nSPS) is 10.8. The van der Waals surface area contributed by atoms with Crippen molar-refractivity contribution in [2.75, 3.05) is 5.32 Å². The molecule has 7 heteroatoms. The smallest absolute Gasteiger partial charge is 0.255 e. The Hall–Kier alpha value is -2.21. The van der Waals surface area contributed by atoms with E-state index < -0.39 is 0 Å². The first-order valence-electron chi connectivity index (χ1n) is 5.11. The van der Waals surface area contributed by atoms with Gasteiger partial charge in [-0.1, -0.05) is 11.6 Å². The average molecular weight is 264 g/mol. The second-order valence-corrected chi connectivity index (χ2v) is 3.96. The molecule has 18 heavy (non-hydrogen) atoms. The van der Waals surface area contributed by atoms with E-state index in [0.717, 1.165) is 5.69 Å². The lowest BCUT2D eigenvalue weighted by Gasteiger charge is -2.07. The van der Waals surface area contributed by atoms with Gasteiger partial charge in [0.2, 0.25) is 0 Å². The van der Waals surface area contributed by atoms with Gasteiger partial charge in [-0.15, -0.1) is 0 Å². The average Bonchev–Trinajstić information content (AvgIpc) is 2.80. The molecule has 0 saturated heterocycles. The molecule has 0 aliphatic heterocycles. The summed E-state index contributed by atoms with van der Waals surface area (Å²) in [5.41, 5.74) is 0.718. The van der Waals surface area contributed by atoms with Crippen LogP contribution >= 0.6 is 11.6 Å². The van der Waals surface area contributed by atoms with Gasteiger partial charge in [0, 0.05) is 11.8 Å². The van der Waals surface area contributed by atoms with Crippen molar-refractivity contribution in [1.29, 1.82) is 0 Å². The second kappa shape index (κ2) is 4.23. The van der Waals surface area contributed by atoms with E-state index in [-0.39, 0.29) is 5.82 Å². The van der Waals surface area contributed by atoms with Crippen LogP contribution in [-0.2, 0) is 0 Å². The molecule has 1 aromatic carbocycles. The molecule has 0 aliphatic carbocycles. The third-order valence-corrected chi connectivity index (χ3v) is 2.53. The van der Waals surface area contributed by atoms with Crippen LogP contribution in [0.25, 0.3) is 5.78 Å². The van der Waals surface area contributed by atoms with Crippen LogP contribution in [0, 0.1) is 5.82 Å². The van der Waals surface area contributed by atoms with E-state index in [1.54, 1.807) is 18.2 Å². The molecular weight excluding hydrogens is 257 g/mol. The predicted molar refractivity (Wildman–Crippen MR) is 65.5 cm³/mol. The minimum absolute atomic E-state index is 0.292. The van der Waals surface area contributed by atoms with Crippen molar-refractivity contribution in [2.45, 2.75) is 0 Å². The summed E-state index contributed by atoms with van der Waals surface area (Å²) in [6.45, 7) is 0. The number of nitrogens with zero attached hydrogens (tertiary/aromatic N) is 4. The fraction of sp³-hybridized carbons (Fsp3) is 0. The van der Waals surface area contributed by atoms with Crippen LogP contribution in [0.2, 0.25) is 5.15 Å². The molecule has 0 amide bonds. The number of hydrogen-bond acceptors (Lipinski definition) is 4. The summed E-state index contributed by atoms with van der Waals surface area (Å²) in [4.78, 5) is 7.96. The van der Waals surface area contributed by atoms with E-state index >= 15 is 0 Å². The zero-order valence-electron chi connectivity index (χ0n) is 9.01. The summed E-state index contributed by atoms with van der Waals surface area (Å²) in [5.74, 6) is 0.709. The van der Waals surface area contributed by atoms with E-state index in [1.807, 2.05) is 0 Å². The third kappa shape index (κ3) is 1.98. The number of nitrogens with one attached hydrogen (secondary N) is 1. The Morgan fingerprint density at radius 2 is 2.00 bits per heavy atom. The summed E-state index contributed by atoms with van der Waals surface area (Å²) in [5, 5.41) is 7.40. The molecule has 3 rings (SSSR count). The maximum Gasteiger partial charge on any atom is 0.255 e. The summed E-state index contributed by atoms with van der Waals surface area (Å²) < 4.78 is 14.3. The molecule has 90 valence electrons. The number of fused-ring (bicyclic) bond motifs is 1. The molecule has 5 nitrogen and oxygen atoms in total. The SMILES string of the molecule is Fc1ccc(Nc2cc(Cl)nc3ncnn23)cc1. The van der Waals surface area contributed by atoms with Gasteiger partial charge in [0.15, 0.2) is 0 Å². The molecule has 2 aromatic heterocycles. The highest BCUT2D eigenvalue weighted by Crippen LogP contribution is 2.19. The number of anilines is 2. The minimum atomic E-state index is -0.292. The fourth-order valence-corrected chi connectivity index (χ4v) is 1.73. The Labute approximate surface area is 106 Å². The molecular formula is C11H7ClFN5. The Morgan fingerprint density at radius 3 is 2.78 bits per heavy atom. The fourth-order valence-electron chi connectivity index (χ4n) is 1.55. The highest BCUT2D eigenvalue weighted by Gasteiger charge is 2.06. The Morgan fingerprint density at radius 1 is 1.22 bits per heavy atom. The minimum Gasteiger partial charge on any atom is -0.340 e. The van der Waals surface area contributed by atoms with Crippen LogP contribution in [0.15, 0.2) is 36.7 Å². The predicted octanol–water partition coefficient (Wildman–Crippen LogP) is 2.66. The standard InChI is InChI=1S/C11H7ClFN5/c12-9-5-10(18-11(17-9)14-6-15-18)16-8-3-1-7(13)2-4-8/h1-6,16H. The monoisotopic (exact) mass is 263 g/mol. The lowest BCUT2D eigenvalue weighted by Crippen LogP contribution is -2.01. The van der Waals surface area contributed by atoms with Crippen LogP contribution in [0.1, 0.15) is 0 Å². The number of rotatable bonds is 2. The van der Waals surface area contributed by atoms with Crippen LogP contribution in [0.5, 0.6) is 0 Å². The molecule has 0 spiro atoms. The van der Waals surface area contributed by atoms with Crippen molar-refractivity contribution in [3.05, 3.63) is 47.6 Å². The quantitative estimate of drug-likeness (QED) is 0.722. The van der Waals surface area contributed by atoms with E-state index in [2.05, 4.69) is 20.4 Å². The van der Waals surface area contributed by atoms with Crippen molar-refractivity contribution in [3.8, 4) is 0 Å². The number of benzene rings is 1. The van der Waals surface area contributed by atoms with E-state index in [0.29, 0.717) is 16.7 Å². The van der Waals surface area contributed by atoms with E-state index in [1.165, 1.54) is 23.0 Å². The van der Waals surface area contributed by atoms with Crippen LogP contribution in [0.4, 0.5) is 15.9 Å². The third-order valence-electron chi connectivity index (χ3n) is 2.34. The number of aromatic nitrogens is 4. The first kappa shape index (κ1) is 10.9.